The molecule has 4 N–H and O–H groups in total. The predicted molar refractivity (Wildman–Crippen MR) is 76.2 cm³/mol. The lowest BCUT2D eigenvalue weighted by Gasteiger charge is -2.06. The molecule has 110 valence electrons. The highest BCUT2D eigenvalue weighted by Gasteiger charge is 2.14. The zero-order valence-corrected chi connectivity index (χ0v) is 12.4. The van der Waals surface area contributed by atoms with Crippen LogP contribution in [0.25, 0.3) is 0 Å². The van der Waals surface area contributed by atoms with E-state index in [4.69, 9.17) is 5.73 Å². The van der Waals surface area contributed by atoms with Crippen LogP contribution in [0.1, 0.15) is 17.4 Å². The van der Waals surface area contributed by atoms with Gasteiger partial charge in [-0.2, -0.15) is 13.1 Å². The van der Waals surface area contributed by atoms with Gasteiger partial charge in [0.25, 0.3) is 0 Å². The fraction of sp³-hybridized carbons (Fsp3) is 0.364. The normalized spacial score (nSPS) is 10.5. The van der Waals surface area contributed by atoms with Crippen LogP contribution in [0.5, 0.6) is 0 Å². The lowest BCUT2D eigenvalue weighted by atomic mass is 10.3. The van der Waals surface area contributed by atoms with E-state index in [2.05, 4.69) is 21.3 Å². The molecule has 1 aromatic heterocycles. The van der Waals surface area contributed by atoms with E-state index in [1.54, 1.807) is 23.1 Å². The SMILES string of the molecule is CCOC(=O)NS(=O)(=O)NCc1cc(C#CCN)cs1. The molecule has 0 saturated heterocycles. The van der Waals surface area contributed by atoms with E-state index in [0.29, 0.717) is 0 Å². The number of nitrogens with one attached hydrogen (secondary N) is 2. The molecule has 0 aliphatic heterocycles. The van der Waals surface area contributed by atoms with Gasteiger partial charge < -0.3 is 10.5 Å². The van der Waals surface area contributed by atoms with Crippen molar-refractivity contribution in [3.05, 3.63) is 21.9 Å². The van der Waals surface area contributed by atoms with Crippen LogP contribution < -0.4 is 15.2 Å². The second kappa shape index (κ2) is 7.86. The molecule has 0 radical (unpaired) electrons. The maximum absolute atomic E-state index is 11.5. The Morgan fingerprint density at radius 1 is 1.55 bits per heavy atom. The average molecular weight is 317 g/mol. The van der Waals surface area contributed by atoms with Gasteiger partial charge in [-0.15, -0.1) is 11.3 Å². The van der Waals surface area contributed by atoms with Crippen molar-refractivity contribution in [2.45, 2.75) is 13.5 Å². The third-order valence-corrected chi connectivity index (χ3v) is 3.81. The van der Waals surface area contributed by atoms with E-state index < -0.39 is 16.3 Å². The summed E-state index contributed by atoms with van der Waals surface area (Å²) in [5, 5.41) is 1.80. The molecule has 0 saturated carbocycles. The fourth-order valence-corrected chi connectivity index (χ4v) is 2.71. The second-order valence-corrected chi connectivity index (χ2v) is 5.95. The number of ether oxygens (including phenoxy) is 1. The van der Waals surface area contributed by atoms with Crippen molar-refractivity contribution in [2.75, 3.05) is 13.2 Å². The van der Waals surface area contributed by atoms with Gasteiger partial charge in [-0.25, -0.2) is 9.52 Å². The minimum Gasteiger partial charge on any atom is -0.449 e. The number of carbonyl (C=O) groups is 1. The van der Waals surface area contributed by atoms with Crippen LogP contribution in [0, 0.1) is 11.8 Å². The van der Waals surface area contributed by atoms with Crippen molar-refractivity contribution in [2.24, 2.45) is 5.73 Å². The van der Waals surface area contributed by atoms with E-state index >= 15 is 0 Å². The quantitative estimate of drug-likeness (QED) is 0.669. The minimum absolute atomic E-state index is 0.0592. The van der Waals surface area contributed by atoms with E-state index in [1.165, 1.54) is 11.3 Å². The molecule has 20 heavy (non-hydrogen) atoms. The summed E-state index contributed by atoms with van der Waals surface area (Å²) in [5.41, 5.74) is 6.03. The molecule has 0 atom stereocenters. The molecule has 1 heterocycles. The lowest BCUT2D eigenvalue weighted by Crippen LogP contribution is -2.40. The van der Waals surface area contributed by atoms with E-state index in [1.807, 2.05) is 0 Å². The Balaban J connectivity index is 2.53. The highest BCUT2D eigenvalue weighted by Crippen LogP contribution is 2.13. The largest absolute Gasteiger partial charge is 0.449 e. The molecule has 0 fully saturated rings. The summed E-state index contributed by atoms with van der Waals surface area (Å²) in [6, 6.07) is 1.75. The molecule has 1 amide bonds. The Bertz CT molecular complexity index is 613. The number of hydrogen-bond acceptors (Lipinski definition) is 6. The van der Waals surface area contributed by atoms with Crippen molar-refractivity contribution < 1.29 is 17.9 Å². The van der Waals surface area contributed by atoms with E-state index in [-0.39, 0.29) is 19.7 Å². The maximum atomic E-state index is 11.5. The maximum Gasteiger partial charge on any atom is 0.421 e. The number of carbonyl (C=O) groups excluding carboxylic acids is 1. The third kappa shape index (κ3) is 6.03. The van der Waals surface area contributed by atoms with Crippen molar-refractivity contribution in [1.82, 2.24) is 9.44 Å². The molecule has 0 unspecified atom stereocenters. The van der Waals surface area contributed by atoms with Crippen molar-refractivity contribution in [1.29, 1.82) is 0 Å². The molecule has 0 aromatic carbocycles. The van der Waals surface area contributed by atoms with Crippen LogP contribution >= 0.6 is 11.3 Å². The van der Waals surface area contributed by atoms with Crippen molar-refractivity contribution in [3.8, 4) is 11.8 Å². The predicted octanol–water partition coefficient (Wildman–Crippen LogP) is 0.139. The van der Waals surface area contributed by atoms with E-state index in [9.17, 15) is 13.2 Å². The summed E-state index contributed by atoms with van der Waals surface area (Å²) in [6.07, 6.45) is -1.01. The number of hydrogen-bond donors (Lipinski definition) is 3. The van der Waals surface area contributed by atoms with Gasteiger partial charge in [0, 0.05) is 22.4 Å². The molecular weight excluding hydrogens is 302 g/mol. The highest BCUT2D eigenvalue weighted by molar-refractivity contribution is 7.88. The Kier molecular flexibility index (Phi) is 6.47. The summed E-state index contributed by atoms with van der Waals surface area (Å²) < 4.78 is 31.5. The van der Waals surface area contributed by atoms with Crippen LogP contribution in [0.3, 0.4) is 0 Å². The van der Waals surface area contributed by atoms with Gasteiger partial charge >= 0.3 is 16.3 Å². The number of thiophene rings is 1. The topological polar surface area (TPSA) is 111 Å². The smallest absolute Gasteiger partial charge is 0.421 e. The van der Waals surface area contributed by atoms with Crippen LogP contribution in [-0.2, 0) is 21.5 Å². The first-order valence-electron chi connectivity index (χ1n) is 5.67. The Morgan fingerprint density at radius 3 is 2.95 bits per heavy atom. The van der Waals surface area contributed by atoms with Gasteiger partial charge in [-0.3, -0.25) is 0 Å². The first-order chi connectivity index (χ1) is 9.46. The number of rotatable bonds is 5. The zero-order chi connectivity index (χ0) is 15.0. The molecule has 1 aromatic rings. The van der Waals surface area contributed by atoms with E-state index in [0.717, 1.165) is 10.4 Å². The summed E-state index contributed by atoms with van der Waals surface area (Å²) in [6.45, 7) is 2.00. The molecule has 0 bridgehead atoms. The van der Waals surface area contributed by atoms with Crippen LogP contribution in [0.15, 0.2) is 11.4 Å². The Hall–Kier alpha value is -1.60. The average Bonchev–Trinajstić information content (AvgIpc) is 2.81. The first-order valence-corrected chi connectivity index (χ1v) is 8.03. The van der Waals surface area contributed by atoms with Gasteiger partial charge in [-0.1, -0.05) is 11.8 Å². The van der Waals surface area contributed by atoms with Crippen LogP contribution in [-0.4, -0.2) is 27.7 Å². The van der Waals surface area contributed by atoms with Crippen molar-refractivity contribution >= 4 is 27.6 Å². The summed E-state index contributed by atoms with van der Waals surface area (Å²) in [7, 11) is -3.93. The monoisotopic (exact) mass is 317 g/mol. The summed E-state index contributed by atoms with van der Waals surface area (Å²) in [4.78, 5) is 11.8. The van der Waals surface area contributed by atoms with Crippen LogP contribution in [0.2, 0.25) is 0 Å². The van der Waals surface area contributed by atoms with Gasteiger partial charge in [-0.05, 0) is 13.0 Å². The summed E-state index contributed by atoms with van der Waals surface area (Å²) in [5.74, 6) is 5.54. The molecule has 0 aliphatic carbocycles. The Morgan fingerprint density at radius 2 is 2.30 bits per heavy atom. The minimum atomic E-state index is -3.93. The summed E-state index contributed by atoms with van der Waals surface area (Å²) >= 11 is 1.36. The first kappa shape index (κ1) is 16.5. The van der Waals surface area contributed by atoms with Gasteiger partial charge in [0.1, 0.15) is 0 Å². The van der Waals surface area contributed by atoms with Gasteiger partial charge in [0.05, 0.1) is 13.2 Å². The lowest BCUT2D eigenvalue weighted by molar-refractivity contribution is 0.158. The zero-order valence-electron chi connectivity index (χ0n) is 10.8. The highest BCUT2D eigenvalue weighted by atomic mass is 32.2. The molecule has 7 nitrogen and oxygen atoms in total. The Labute approximate surface area is 121 Å². The number of amides is 1. The molecule has 9 heteroatoms. The van der Waals surface area contributed by atoms with Gasteiger partial charge in [0.2, 0.25) is 0 Å². The second-order valence-electron chi connectivity index (χ2n) is 3.45. The molecule has 1 rings (SSSR count). The standard InChI is InChI=1S/C11H15N3O4S2/c1-2-18-11(15)14-20(16,17)13-7-10-6-9(8-19-10)4-3-5-12/h6,8,13H,2,5,7,12H2,1H3,(H,14,15). The third-order valence-electron chi connectivity index (χ3n) is 1.92. The molecule has 0 spiro atoms. The van der Waals surface area contributed by atoms with Gasteiger partial charge in [0.15, 0.2) is 0 Å². The van der Waals surface area contributed by atoms with Crippen LogP contribution in [0.4, 0.5) is 4.79 Å². The molecular formula is C11H15N3O4S2. The number of nitrogens with two attached hydrogens (primary N) is 1. The van der Waals surface area contributed by atoms with Crippen molar-refractivity contribution in [3.63, 3.8) is 0 Å². The molecule has 0 aliphatic rings. The fourth-order valence-electron chi connectivity index (χ4n) is 1.16.